The van der Waals surface area contributed by atoms with Gasteiger partial charge in [-0.1, -0.05) is 25.5 Å². The summed E-state index contributed by atoms with van der Waals surface area (Å²) in [4.78, 5) is 16.2. The summed E-state index contributed by atoms with van der Waals surface area (Å²) >= 11 is 5.99. The molecule has 1 saturated heterocycles. The maximum atomic E-state index is 13.8. The predicted molar refractivity (Wildman–Crippen MR) is 112 cm³/mol. The normalized spacial score (nSPS) is 51.0. The van der Waals surface area contributed by atoms with Crippen LogP contribution in [0.15, 0.2) is 11.6 Å². The van der Waals surface area contributed by atoms with E-state index >= 15 is 0 Å². The van der Waals surface area contributed by atoms with E-state index in [1.807, 2.05) is 0 Å². The van der Waals surface area contributed by atoms with Crippen molar-refractivity contribution in [1.29, 1.82) is 0 Å². The highest BCUT2D eigenvalue weighted by Crippen LogP contribution is 2.67. The highest BCUT2D eigenvalue weighted by atomic mass is 35.5. The molecule has 0 bridgehead atoms. The monoisotopic (exact) mass is 405 g/mol. The minimum absolute atomic E-state index is 0.103. The van der Waals surface area contributed by atoms with Crippen molar-refractivity contribution in [2.24, 2.45) is 34.0 Å². The Morgan fingerprint density at radius 1 is 1.18 bits per heavy atom. The van der Waals surface area contributed by atoms with Gasteiger partial charge in [0, 0.05) is 29.8 Å². The number of ketones is 1. The van der Waals surface area contributed by atoms with Crippen LogP contribution in [0.2, 0.25) is 0 Å². The van der Waals surface area contributed by atoms with Gasteiger partial charge in [-0.25, -0.2) is 0 Å². The van der Waals surface area contributed by atoms with Gasteiger partial charge in [0.05, 0.1) is 6.10 Å². The van der Waals surface area contributed by atoms with E-state index in [0.29, 0.717) is 29.4 Å². The zero-order chi connectivity index (χ0) is 19.7. The van der Waals surface area contributed by atoms with Crippen molar-refractivity contribution >= 4 is 17.4 Å². The van der Waals surface area contributed by atoms with Crippen LogP contribution in [-0.4, -0.2) is 47.4 Å². The van der Waals surface area contributed by atoms with E-state index in [0.717, 1.165) is 64.6 Å². The Bertz CT molecular complexity index is 707. The summed E-state index contributed by atoms with van der Waals surface area (Å²) in [6.45, 7) is 7.66. The highest BCUT2D eigenvalue weighted by molar-refractivity contribution is 6.18. The fourth-order valence-corrected chi connectivity index (χ4v) is 8.60. The number of fused-ring (bicyclic) bond motifs is 5. The number of Topliss-reactive ketones (excluding diaryl/α,β-unsaturated/α-hetero) is 1. The molecule has 7 atom stereocenters. The molecule has 4 fully saturated rings. The summed E-state index contributed by atoms with van der Waals surface area (Å²) < 4.78 is 0. The quantitative estimate of drug-likeness (QED) is 0.546. The number of allylic oxidation sites excluding steroid dienone is 1. The molecule has 4 aliphatic carbocycles. The number of carbonyl (C=O) groups is 1. The van der Waals surface area contributed by atoms with Gasteiger partial charge in [-0.2, -0.15) is 0 Å². The van der Waals surface area contributed by atoms with Crippen molar-refractivity contribution in [3.63, 3.8) is 0 Å². The standard InChI is InChI=1S/C24H36ClNO2/c1-22-7-5-17(27)13-16(22)3-4-18-19(22)6-8-23(2)20(18)14-24(21(23)28)9-11-26(15-24)12-10-25/h3,17-20,27H,4-15H2,1-2H3/t17-,18-,19+,20+,22-,23+,24-/m0/s1. The Morgan fingerprint density at radius 3 is 2.75 bits per heavy atom. The molecule has 0 amide bonds. The van der Waals surface area contributed by atoms with E-state index in [-0.39, 0.29) is 22.3 Å². The van der Waals surface area contributed by atoms with Gasteiger partial charge in [0.25, 0.3) is 0 Å². The molecular weight excluding hydrogens is 370 g/mol. The van der Waals surface area contributed by atoms with Crippen LogP contribution >= 0.6 is 11.6 Å². The molecule has 0 radical (unpaired) electrons. The van der Waals surface area contributed by atoms with Crippen molar-refractivity contribution in [2.45, 2.75) is 71.3 Å². The second kappa shape index (κ2) is 6.56. The molecule has 28 heavy (non-hydrogen) atoms. The van der Waals surface area contributed by atoms with E-state index < -0.39 is 0 Å². The number of hydrogen-bond donors (Lipinski definition) is 1. The van der Waals surface area contributed by atoms with Crippen LogP contribution in [0.25, 0.3) is 0 Å². The molecule has 0 unspecified atom stereocenters. The molecule has 3 saturated carbocycles. The third-order valence-corrected chi connectivity index (χ3v) is 10.1. The molecule has 5 rings (SSSR count). The molecule has 5 aliphatic rings. The topological polar surface area (TPSA) is 40.5 Å². The second-order valence-corrected chi connectivity index (χ2v) is 11.5. The number of carbonyl (C=O) groups excluding carboxylic acids is 1. The maximum absolute atomic E-state index is 13.8. The zero-order valence-electron chi connectivity index (χ0n) is 17.6. The van der Waals surface area contributed by atoms with E-state index in [1.165, 1.54) is 12.0 Å². The molecule has 0 aromatic rings. The Balaban J connectivity index is 1.45. The fraction of sp³-hybridized carbons (Fsp3) is 0.875. The minimum Gasteiger partial charge on any atom is -0.393 e. The number of alkyl halides is 1. The summed E-state index contributed by atoms with van der Waals surface area (Å²) in [5.74, 6) is 3.12. The van der Waals surface area contributed by atoms with Gasteiger partial charge < -0.3 is 10.0 Å². The lowest BCUT2D eigenvalue weighted by Crippen LogP contribution is -2.50. The number of halogens is 1. The third kappa shape index (κ3) is 2.58. The first kappa shape index (κ1) is 19.6. The van der Waals surface area contributed by atoms with Crippen LogP contribution in [0.5, 0.6) is 0 Å². The lowest BCUT2D eigenvalue weighted by atomic mass is 9.48. The van der Waals surface area contributed by atoms with E-state index in [2.05, 4.69) is 24.8 Å². The number of rotatable bonds is 2. The van der Waals surface area contributed by atoms with Gasteiger partial charge in [-0.3, -0.25) is 4.79 Å². The molecule has 4 heteroatoms. The van der Waals surface area contributed by atoms with Gasteiger partial charge in [0.15, 0.2) is 0 Å². The van der Waals surface area contributed by atoms with Crippen LogP contribution < -0.4 is 0 Å². The lowest BCUT2D eigenvalue weighted by molar-refractivity contribution is -0.137. The van der Waals surface area contributed by atoms with Crippen LogP contribution in [0.4, 0.5) is 0 Å². The lowest BCUT2D eigenvalue weighted by Gasteiger charge is -2.56. The first-order valence-corrected chi connectivity index (χ1v) is 12.1. The van der Waals surface area contributed by atoms with Crippen molar-refractivity contribution in [2.75, 3.05) is 25.5 Å². The van der Waals surface area contributed by atoms with Crippen molar-refractivity contribution in [1.82, 2.24) is 4.90 Å². The number of nitrogens with zero attached hydrogens (tertiary/aromatic N) is 1. The highest BCUT2D eigenvalue weighted by Gasteiger charge is 2.66. The van der Waals surface area contributed by atoms with Gasteiger partial charge in [0.2, 0.25) is 0 Å². The number of aliphatic hydroxyl groups is 1. The zero-order valence-corrected chi connectivity index (χ0v) is 18.3. The minimum atomic E-state index is -0.146. The number of aliphatic hydroxyl groups excluding tert-OH is 1. The first-order chi connectivity index (χ1) is 13.3. The van der Waals surface area contributed by atoms with Crippen LogP contribution in [0.3, 0.4) is 0 Å². The first-order valence-electron chi connectivity index (χ1n) is 11.5. The SMILES string of the molecule is C[C@@]12CC[C@@H]3[C@H](CC=C4C[C@@H](O)CC[C@@]43C)[C@H]1C[C@]1(CCN(CCCl)C1)C2=O. The molecule has 1 aliphatic heterocycles. The van der Waals surface area contributed by atoms with Crippen molar-refractivity contribution < 1.29 is 9.90 Å². The maximum Gasteiger partial charge on any atom is 0.146 e. The Kier molecular flexibility index (Phi) is 4.58. The number of likely N-dealkylation sites (tertiary alicyclic amines) is 1. The summed E-state index contributed by atoms with van der Waals surface area (Å²) in [5.41, 5.74) is 1.55. The fourth-order valence-electron chi connectivity index (χ4n) is 8.36. The molecule has 1 spiro atoms. The Labute approximate surface area is 174 Å². The predicted octanol–water partition coefficient (Wildman–Crippen LogP) is 4.42. The van der Waals surface area contributed by atoms with E-state index in [1.54, 1.807) is 0 Å². The van der Waals surface area contributed by atoms with Gasteiger partial charge in [-0.15, -0.1) is 11.6 Å². The molecule has 0 aromatic carbocycles. The summed E-state index contributed by atoms with van der Waals surface area (Å²) in [5, 5.41) is 10.2. The summed E-state index contributed by atoms with van der Waals surface area (Å²) in [7, 11) is 0. The van der Waals surface area contributed by atoms with Crippen molar-refractivity contribution in [3.8, 4) is 0 Å². The van der Waals surface area contributed by atoms with Crippen LogP contribution in [0, 0.1) is 34.0 Å². The molecule has 1 heterocycles. The largest absolute Gasteiger partial charge is 0.393 e. The third-order valence-electron chi connectivity index (χ3n) is 9.91. The average Bonchev–Trinajstić information content (AvgIpc) is 3.17. The van der Waals surface area contributed by atoms with Gasteiger partial charge >= 0.3 is 0 Å². The molecule has 0 aromatic heterocycles. The average molecular weight is 406 g/mol. The summed E-state index contributed by atoms with van der Waals surface area (Å²) in [6.07, 6.45) is 10.8. The van der Waals surface area contributed by atoms with Crippen LogP contribution in [-0.2, 0) is 4.79 Å². The molecule has 3 nitrogen and oxygen atoms in total. The molecular formula is C24H36ClNO2. The van der Waals surface area contributed by atoms with Crippen molar-refractivity contribution in [3.05, 3.63) is 11.6 Å². The Hall–Kier alpha value is -0.380. The smallest absolute Gasteiger partial charge is 0.146 e. The van der Waals surface area contributed by atoms with E-state index in [4.69, 9.17) is 11.6 Å². The summed E-state index contributed by atoms with van der Waals surface area (Å²) in [6, 6.07) is 0. The van der Waals surface area contributed by atoms with Gasteiger partial charge in [-0.05, 0) is 81.1 Å². The van der Waals surface area contributed by atoms with Gasteiger partial charge in [0.1, 0.15) is 5.78 Å². The Morgan fingerprint density at radius 2 is 1.96 bits per heavy atom. The molecule has 156 valence electrons. The number of hydrogen-bond acceptors (Lipinski definition) is 3. The second-order valence-electron chi connectivity index (χ2n) is 11.1. The van der Waals surface area contributed by atoms with E-state index in [9.17, 15) is 9.90 Å². The molecule has 1 N–H and O–H groups in total. The van der Waals surface area contributed by atoms with Crippen LogP contribution in [0.1, 0.15) is 65.2 Å².